The van der Waals surface area contributed by atoms with Gasteiger partial charge in [0, 0.05) is 25.7 Å². The van der Waals surface area contributed by atoms with Gasteiger partial charge in [0.2, 0.25) is 0 Å². The summed E-state index contributed by atoms with van der Waals surface area (Å²) in [6.07, 6.45) is 74.7. The van der Waals surface area contributed by atoms with Crippen LogP contribution in [-0.2, 0) is 65.4 Å². The van der Waals surface area contributed by atoms with Crippen LogP contribution < -0.4 is 0 Å². The van der Waals surface area contributed by atoms with Crippen LogP contribution in [0.3, 0.4) is 0 Å². The van der Waals surface area contributed by atoms with Gasteiger partial charge in [0.1, 0.15) is 19.3 Å². The molecule has 0 heterocycles. The molecular weight excluding hydrogens is 1260 g/mol. The van der Waals surface area contributed by atoms with Gasteiger partial charge >= 0.3 is 39.5 Å². The molecule has 548 valence electrons. The zero-order valence-electron chi connectivity index (χ0n) is 59.5. The molecule has 0 fully saturated rings. The van der Waals surface area contributed by atoms with E-state index in [0.717, 1.165) is 161 Å². The molecule has 0 amide bonds. The van der Waals surface area contributed by atoms with Crippen molar-refractivity contribution in [2.24, 2.45) is 0 Å². The number of phosphoric ester groups is 2. The first-order valence-electron chi connectivity index (χ1n) is 36.4. The summed E-state index contributed by atoms with van der Waals surface area (Å²) in [5.41, 5.74) is 0. The maximum absolute atomic E-state index is 13.1. The molecule has 96 heavy (non-hydrogen) atoms. The summed E-state index contributed by atoms with van der Waals surface area (Å²) in [7, 11) is -9.97. The van der Waals surface area contributed by atoms with Crippen LogP contribution in [0, 0.1) is 0 Å². The molecule has 0 saturated carbocycles. The van der Waals surface area contributed by atoms with Gasteiger partial charge in [-0.25, -0.2) is 9.13 Å². The number of rotatable bonds is 67. The first-order chi connectivity index (χ1) is 46.7. The quantitative estimate of drug-likeness (QED) is 0.0169. The zero-order valence-corrected chi connectivity index (χ0v) is 61.3. The summed E-state index contributed by atoms with van der Waals surface area (Å²) in [4.78, 5) is 72.6. The van der Waals surface area contributed by atoms with E-state index in [-0.39, 0.29) is 25.7 Å². The topological polar surface area (TPSA) is 237 Å². The lowest BCUT2D eigenvalue weighted by Gasteiger charge is -2.21. The number of allylic oxidation sites excluding steroid dienone is 22. The number of carbonyl (C=O) groups excluding carboxylic acids is 4. The summed E-state index contributed by atoms with van der Waals surface area (Å²) in [6, 6.07) is 0. The van der Waals surface area contributed by atoms with Gasteiger partial charge in [-0.15, -0.1) is 0 Å². The zero-order chi connectivity index (χ0) is 70.4. The molecule has 3 N–H and O–H groups in total. The molecule has 0 bridgehead atoms. The smallest absolute Gasteiger partial charge is 0.462 e. The van der Waals surface area contributed by atoms with Crippen LogP contribution in [0.5, 0.6) is 0 Å². The molecule has 0 aromatic rings. The highest BCUT2D eigenvalue weighted by Crippen LogP contribution is 2.45. The Labute approximate surface area is 580 Å². The third-order valence-corrected chi connectivity index (χ3v) is 16.5. The number of aliphatic hydroxyl groups excluding tert-OH is 1. The van der Waals surface area contributed by atoms with Gasteiger partial charge < -0.3 is 33.8 Å². The van der Waals surface area contributed by atoms with Gasteiger partial charge in [-0.1, -0.05) is 238 Å². The van der Waals surface area contributed by atoms with Gasteiger partial charge in [0.25, 0.3) is 0 Å². The SMILES string of the molecule is CC/C=C\C/C=C\C/C=C\C/C=C\C/C=C\CCCC(=O)OCC(COP(=O)(O)OCC(O)COP(=O)(O)OCC(COC(=O)CCCCCCC/C=C\CCCC)OC(=O)CCCCCCC/C=C\CCCC)OC(=O)CCCCCC/C=C\C/C=C\C/C=C\C/C=C\CC. The van der Waals surface area contributed by atoms with Crippen LogP contribution in [0.4, 0.5) is 0 Å². The van der Waals surface area contributed by atoms with E-state index in [1.165, 1.54) is 25.7 Å². The molecule has 5 atom stereocenters. The largest absolute Gasteiger partial charge is 0.472 e. The van der Waals surface area contributed by atoms with Crippen molar-refractivity contribution in [3.63, 3.8) is 0 Å². The van der Waals surface area contributed by atoms with Gasteiger partial charge in [0.05, 0.1) is 26.4 Å². The third kappa shape index (κ3) is 67.8. The molecule has 0 aromatic heterocycles. The van der Waals surface area contributed by atoms with Crippen molar-refractivity contribution in [1.29, 1.82) is 0 Å². The molecular formula is C77H128O17P2. The average molecular weight is 1390 g/mol. The molecule has 0 spiro atoms. The number of unbranched alkanes of at least 4 members (excludes halogenated alkanes) is 19. The molecule has 0 aromatic carbocycles. The van der Waals surface area contributed by atoms with E-state index in [1.807, 2.05) is 12.2 Å². The summed E-state index contributed by atoms with van der Waals surface area (Å²) < 4.78 is 68.2. The maximum atomic E-state index is 13.1. The average Bonchev–Trinajstić information content (AvgIpc) is 1.85. The van der Waals surface area contributed by atoms with Crippen LogP contribution in [0.2, 0.25) is 0 Å². The van der Waals surface area contributed by atoms with Gasteiger partial charge in [-0.3, -0.25) is 37.3 Å². The van der Waals surface area contributed by atoms with Crippen molar-refractivity contribution >= 4 is 39.5 Å². The van der Waals surface area contributed by atoms with E-state index in [0.29, 0.717) is 32.1 Å². The van der Waals surface area contributed by atoms with Crippen molar-refractivity contribution in [2.75, 3.05) is 39.6 Å². The molecule has 0 rings (SSSR count). The number of ether oxygens (including phenoxy) is 4. The second-order valence-corrected chi connectivity index (χ2v) is 26.7. The van der Waals surface area contributed by atoms with Crippen LogP contribution in [0.25, 0.3) is 0 Å². The van der Waals surface area contributed by atoms with Gasteiger partial charge in [-0.2, -0.15) is 0 Å². The molecule has 5 unspecified atom stereocenters. The Morgan fingerprint density at radius 2 is 0.552 bits per heavy atom. The minimum atomic E-state index is -5.00. The highest BCUT2D eigenvalue weighted by atomic mass is 31.2. The van der Waals surface area contributed by atoms with Crippen molar-refractivity contribution < 1.29 is 80.2 Å². The molecule has 0 radical (unpaired) electrons. The Balaban J connectivity index is 5.42. The van der Waals surface area contributed by atoms with E-state index >= 15 is 0 Å². The predicted octanol–water partition coefficient (Wildman–Crippen LogP) is 20.5. The third-order valence-electron chi connectivity index (χ3n) is 14.6. The van der Waals surface area contributed by atoms with Crippen LogP contribution >= 0.6 is 15.6 Å². The van der Waals surface area contributed by atoms with E-state index in [4.69, 9.17) is 37.0 Å². The van der Waals surface area contributed by atoms with Crippen molar-refractivity contribution in [2.45, 2.75) is 290 Å². The van der Waals surface area contributed by atoms with E-state index in [1.54, 1.807) is 0 Å². The molecule has 0 aliphatic carbocycles. The Kier molecular flexibility index (Phi) is 65.3. The number of aliphatic hydroxyl groups is 1. The Morgan fingerprint density at radius 3 is 0.885 bits per heavy atom. The van der Waals surface area contributed by atoms with Gasteiger partial charge in [-0.05, 0) is 141 Å². The first kappa shape index (κ1) is 91.2. The highest BCUT2D eigenvalue weighted by molar-refractivity contribution is 7.47. The van der Waals surface area contributed by atoms with Crippen LogP contribution in [0.1, 0.15) is 272 Å². The van der Waals surface area contributed by atoms with E-state index < -0.39 is 97.5 Å². The van der Waals surface area contributed by atoms with Crippen molar-refractivity contribution in [3.8, 4) is 0 Å². The number of hydrogen-bond donors (Lipinski definition) is 3. The second-order valence-electron chi connectivity index (χ2n) is 23.8. The first-order valence-corrected chi connectivity index (χ1v) is 39.4. The fourth-order valence-corrected chi connectivity index (χ4v) is 10.6. The van der Waals surface area contributed by atoms with E-state index in [2.05, 4.69) is 149 Å². The number of carbonyl (C=O) groups is 4. The number of phosphoric acid groups is 2. The molecule has 19 heteroatoms. The Bertz CT molecular complexity index is 2350. The molecule has 0 saturated heterocycles. The highest BCUT2D eigenvalue weighted by Gasteiger charge is 2.30. The Hall–Kier alpha value is -4.80. The fourth-order valence-electron chi connectivity index (χ4n) is 9.03. The standard InChI is InChI=1S/C77H128O17P2/c1-5-9-13-17-21-25-29-31-33-35-37-39-43-46-50-54-58-62-75(80)88-68-73(94-77(82)64-60-56-52-48-44-40-38-36-34-32-30-26-22-18-14-10-6-2)70-92-96(85,86)90-66-71(78)65-89-95(83,84)91-69-72(93-76(81)63-59-55-51-47-42-28-24-20-16-12-8-4)67-87-74(79)61-57-53-49-45-41-27-23-19-15-11-7-3/h9-10,13-14,19-26,31-34,37-40,46,50,71-73,78H,5-8,11-12,15-18,27-30,35-36,41-45,47-49,51-70H2,1-4H3,(H,83,84)(H,85,86)/b13-9-,14-10-,23-19-,24-20-,25-21-,26-22-,33-31-,34-32-,39-37-,40-38-,50-46-. The lowest BCUT2D eigenvalue weighted by molar-refractivity contribution is -0.161. The fraction of sp³-hybridized carbons (Fsp3) is 0.662. The van der Waals surface area contributed by atoms with Crippen LogP contribution in [0.15, 0.2) is 134 Å². The lowest BCUT2D eigenvalue weighted by Crippen LogP contribution is -2.30. The summed E-state index contributed by atoms with van der Waals surface area (Å²) in [6.45, 7) is 4.42. The summed E-state index contributed by atoms with van der Waals surface area (Å²) in [5, 5.41) is 10.6. The minimum absolute atomic E-state index is 0.0506. The number of hydrogen-bond acceptors (Lipinski definition) is 15. The molecule has 0 aliphatic heterocycles. The van der Waals surface area contributed by atoms with Crippen LogP contribution in [-0.4, -0.2) is 96.7 Å². The molecule has 0 aliphatic rings. The van der Waals surface area contributed by atoms with Gasteiger partial charge in [0.15, 0.2) is 12.2 Å². The monoisotopic (exact) mass is 1390 g/mol. The summed E-state index contributed by atoms with van der Waals surface area (Å²) in [5.74, 6) is -2.30. The molecule has 17 nitrogen and oxygen atoms in total. The normalized spacial score (nSPS) is 14.8. The minimum Gasteiger partial charge on any atom is -0.462 e. The summed E-state index contributed by atoms with van der Waals surface area (Å²) >= 11 is 0. The lowest BCUT2D eigenvalue weighted by atomic mass is 10.1. The second kappa shape index (κ2) is 68.7. The van der Waals surface area contributed by atoms with Crippen molar-refractivity contribution in [1.82, 2.24) is 0 Å². The van der Waals surface area contributed by atoms with E-state index in [9.17, 15) is 43.2 Å². The van der Waals surface area contributed by atoms with Crippen molar-refractivity contribution in [3.05, 3.63) is 134 Å². The number of esters is 4. The Morgan fingerprint density at radius 1 is 0.302 bits per heavy atom. The predicted molar refractivity (Wildman–Crippen MR) is 390 cm³/mol. The maximum Gasteiger partial charge on any atom is 0.472 e.